The standard InChI is InChI=1S/C16H25NO3/c1-12(2)17-9-7-16(18,8-10-17)13-5-6-14(19-3)15(11-13)20-4/h5-6,11-12,18H,7-10H2,1-4H3. The molecule has 4 nitrogen and oxygen atoms in total. The molecule has 0 amide bonds. The van der Waals surface area contributed by atoms with Crippen molar-refractivity contribution in [2.24, 2.45) is 0 Å². The lowest BCUT2D eigenvalue weighted by Gasteiger charge is -2.40. The number of benzene rings is 1. The number of hydrogen-bond acceptors (Lipinski definition) is 4. The lowest BCUT2D eigenvalue weighted by atomic mass is 9.84. The van der Waals surface area contributed by atoms with Gasteiger partial charge in [-0.1, -0.05) is 6.07 Å². The highest BCUT2D eigenvalue weighted by Gasteiger charge is 2.35. The van der Waals surface area contributed by atoms with Crippen LogP contribution in [0.4, 0.5) is 0 Å². The first-order chi connectivity index (χ1) is 9.50. The molecule has 0 saturated carbocycles. The van der Waals surface area contributed by atoms with E-state index in [0.29, 0.717) is 17.5 Å². The third kappa shape index (κ3) is 2.91. The van der Waals surface area contributed by atoms with Crippen LogP contribution in [-0.2, 0) is 5.60 Å². The fraction of sp³-hybridized carbons (Fsp3) is 0.625. The molecule has 4 heteroatoms. The van der Waals surface area contributed by atoms with Crippen LogP contribution < -0.4 is 9.47 Å². The SMILES string of the molecule is COc1ccc(C2(O)CCN(C(C)C)CC2)cc1OC. The molecule has 20 heavy (non-hydrogen) atoms. The van der Waals surface area contributed by atoms with Gasteiger partial charge in [-0.25, -0.2) is 0 Å². The maximum absolute atomic E-state index is 10.9. The Morgan fingerprint density at radius 1 is 1.10 bits per heavy atom. The minimum Gasteiger partial charge on any atom is -0.493 e. The van der Waals surface area contributed by atoms with Crippen LogP contribution in [0.5, 0.6) is 11.5 Å². The topological polar surface area (TPSA) is 41.9 Å². The van der Waals surface area contributed by atoms with Crippen LogP contribution in [0.25, 0.3) is 0 Å². The predicted molar refractivity (Wildman–Crippen MR) is 79.4 cm³/mol. The summed E-state index contributed by atoms with van der Waals surface area (Å²) < 4.78 is 10.6. The average Bonchev–Trinajstić information content (AvgIpc) is 2.46. The van der Waals surface area contributed by atoms with Crippen molar-refractivity contribution in [3.63, 3.8) is 0 Å². The molecular weight excluding hydrogens is 254 g/mol. The van der Waals surface area contributed by atoms with Crippen molar-refractivity contribution >= 4 is 0 Å². The van der Waals surface area contributed by atoms with Crippen molar-refractivity contribution in [1.29, 1.82) is 0 Å². The zero-order chi connectivity index (χ0) is 14.8. The number of nitrogens with zero attached hydrogens (tertiary/aromatic N) is 1. The second-order valence-corrected chi connectivity index (χ2v) is 5.73. The summed E-state index contributed by atoms with van der Waals surface area (Å²) in [5.41, 5.74) is 0.156. The van der Waals surface area contributed by atoms with E-state index in [-0.39, 0.29) is 0 Å². The van der Waals surface area contributed by atoms with Gasteiger partial charge in [0.2, 0.25) is 0 Å². The van der Waals surface area contributed by atoms with E-state index >= 15 is 0 Å². The summed E-state index contributed by atoms with van der Waals surface area (Å²) in [6.07, 6.45) is 1.50. The molecule has 0 radical (unpaired) electrons. The van der Waals surface area contributed by atoms with Crippen LogP contribution in [0.15, 0.2) is 18.2 Å². The molecule has 1 heterocycles. The maximum atomic E-state index is 10.9. The van der Waals surface area contributed by atoms with E-state index in [4.69, 9.17) is 9.47 Å². The van der Waals surface area contributed by atoms with Crippen LogP contribution in [0.3, 0.4) is 0 Å². The summed E-state index contributed by atoms with van der Waals surface area (Å²) in [6, 6.07) is 6.22. The van der Waals surface area contributed by atoms with Gasteiger partial charge in [-0.3, -0.25) is 0 Å². The Kier molecular flexibility index (Phi) is 4.55. The minimum absolute atomic E-state index is 0.532. The van der Waals surface area contributed by atoms with Gasteiger partial charge in [0.25, 0.3) is 0 Å². The summed E-state index contributed by atoms with van der Waals surface area (Å²) in [6.45, 7) is 6.23. The molecule has 0 unspecified atom stereocenters. The Morgan fingerprint density at radius 3 is 2.20 bits per heavy atom. The fourth-order valence-electron chi connectivity index (χ4n) is 2.82. The lowest BCUT2D eigenvalue weighted by molar-refractivity contribution is -0.0325. The van der Waals surface area contributed by atoms with Crippen molar-refractivity contribution in [2.75, 3.05) is 27.3 Å². The molecule has 1 aromatic rings. The van der Waals surface area contributed by atoms with Crippen molar-refractivity contribution in [2.45, 2.75) is 38.3 Å². The number of piperidine rings is 1. The molecule has 1 aromatic carbocycles. The first kappa shape index (κ1) is 15.1. The molecular formula is C16H25NO3. The molecule has 112 valence electrons. The highest BCUT2D eigenvalue weighted by molar-refractivity contribution is 5.44. The first-order valence-electron chi connectivity index (χ1n) is 7.19. The van der Waals surface area contributed by atoms with Gasteiger partial charge in [-0.15, -0.1) is 0 Å². The second-order valence-electron chi connectivity index (χ2n) is 5.73. The summed E-state index contributed by atoms with van der Waals surface area (Å²) in [5, 5.41) is 10.9. The summed E-state index contributed by atoms with van der Waals surface area (Å²) >= 11 is 0. The maximum Gasteiger partial charge on any atom is 0.161 e. The van der Waals surface area contributed by atoms with E-state index in [1.165, 1.54) is 0 Å². The largest absolute Gasteiger partial charge is 0.493 e. The van der Waals surface area contributed by atoms with Crippen LogP contribution in [0.1, 0.15) is 32.3 Å². The summed E-state index contributed by atoms with van der Waals surface area (Å²) in [7, 11) is 3.24. The smallest absolute Gasteiger partial charge is 0.161 e. The quantitative estimate of drug-likeness (QED) is 0.919. The normalized spacial score (nSPS) is 19.1. The van der Waals surface area contributed by atoms with Gasteiger partial charge in [0.1, 0.15) is 0 Å². The number of methoxy groups -OCH3 is 2. The van der Waals surface area contributed by atoms with Crippen molar-refractivity contribution in [3.05, 3.63) is 23.8 Å². The average molecular weight is 279 g/mol. The zero-order valence-corrected chi connectivity index (χ0v) is 12.8. The summed E-state index contributed by atoms with van der Waals surface area (Å²) in [4.78, 5) is 2.40. The first-order valence-corrected chi connectivity index (χ1v) is 7.19. The van der Waals surface area contributed by atoms with E-state index in [2.05, 4.69) is 18.7 Å². The monoisotopic (exact) mass is 279 g/mol. The molecule has 1 aliphatic heterocycles. The van der Waals surface area contributed by atoms with E-state index in [9.17, 15) is 5.11 Å². The second kappa shape index (κ2) is 6.02. The van der Waals surface area contributed by atoms with Crippen LogP contribution in [0.2, 0.25) is 0 Å². The number of aliphatic hydroxyl groups is 1. The Bertz CT molecular complexity index is 451. The Hall–Kier alpha value is -1.26. The Balaban J connectivity index is 2.19. The lowest BCUT2D eigenvalue weighted by Crippen LogP contribution is -2.45. The van der Waals surface area contributed by atoms with Gasteiger partial charge >= 0.3 is 0 Å². The molecule has 1 aliphatic rings. The van der Waals surface area contributed by atoms with Gasteiger partial charge in [0.05, 0.1) is 19.8 Å². The molecule has 0 spiro atoms. The fourth-order valence-corrected chi connectivity index (χ4v) is 2.82. The van der Waals surface area contributed by atoms with E-state index < -0.39 is 5.60 Å². The number of ether oxygens (including phenoxy) is 2. The van der Waals surface area contributed by atoms with Gasteiger partial charge in [-0.05, 0) is 44.4 Å². The molecule has 1 N–H and O–H groups in total. The van der Waals surface area contributed by atoms with Gasteiger partial charge in [-0.2, -0.15) is 0 Å². The van der Waals surface area contributed by atoms with E-state index in [0.717, 1.165) is 31.5 Å². The number of rotatable bonds is 4. The van der Waals surface area contributed by atoms with Crippen LogP contribution in [0, 0.1) is 0 Å². The van der Waals surface area contributed by atoms with Gasteiger partial charge in [0.15, 0.2) is 11.5 Å². The molecule has 0 atom stereocenters. The van der Waals surface area contributed by atoms with Gasteiger partial charge in [0, 0.05) is 19.1 Å². The Labute approximate surface area is 121 Å². The number of hydrogen-bond donors (Lipinski definition) is 1. The van der Waals surface area contributed by atoms with Crippen molar-refractivity contribution < 1.29 is 14.6 Å². The van der Waals surface area contributed by atoms with E-state index in [1.807, 2.05) is 18.2 Å². The number of likely N-dealkylation sites (tertiary alicyclic amines) is 1. The van der Waals surface area contributed by atoms with Crippen molar-refractivity contribution in [1.82, 2.24) is 4.90 Å². The van der Waals surface area contributed by atoms with E-state index in [1.54, 1.807) is 14.2 Å². The van der Waals surface area contributed by atoms with Crippen LogP contribution >= 0.6 is 0 Å². The molecule has 1 fully saturated rings. The molecule has 1 saturated heterocycles. The zero-order valence-electron chi connectivity index (χ0n) is 12.8. The molecule has 2 rings (SSSR count). The Morgan fingerprint density at radius 2 is 1.70 bits per heavy atom. The molecule has 0 aliphatic carbocycles. The third-order valence-electron chi connectivity index (χ3n) is 4.28. The summed E-state index contributed by atoms with van der Waals surface area (Å²) in [5.74, 6) is 1.36. The van der Waals surface area contributed by atoms with Crippen LogP contribution in [-0.4, -0.2) is 43.4 Å². The molecule has 0 aromatic heterocycles. The van der Waals surface area contributed by atoms with Gasteiger partial charge < -0.3 is 19.5 Å². The molecule has 0 bridgehead atoms. The predicted octanol–water partition coefficient (Wildman–Crippen LogP) is 2.40. The van der Waals surface area contributed by atoms with Crippen molar-refractivity contribution in [3.8, 4) is 11.5 Å². The highest BCUT2D eigenvalue weighted by Crippen LogP contribution is 2.37. The minimum atomic E-state index is -0.759. The highest BCUT2D eigenvalue weighted by atomic mass is 16.5. The third-order valence-corrected chi connectivity index (χ3v) is 4.28.